The highest BCUT2D eigenvalue weighted by atomic mass is 35.5. The third-order valence-electron chi connectivity index (χ3n) is 2.64. The molecule has 0 radical (unpaired) electrons. The van der Waals surface area contributed by atoms with Gasteiger partial charge in [-0.2, -0.15) is 0 Å². The number of carbonyl (C=O) groups excluding carboxylic acids is 1. The van der Waals surface area contributed by atoms with Crippen molar-refractivity contribution in [3.63, 3.8) is 0 Å². The Morgan fingerprint density at radius 3 is 2.61 bits per heavy atom. The monoisotopic (exact) mass is 280 g/mol. The molecule has 2 aromatic carbocycles. The second kappa shape index (κ2) is 5.12. The van der Waals surface area contributed by atoms with Crippen LogP contribution in [0.25, 0.3) is 11.1 Å². The molecule has 0 aliphatic rings. The van der Waals surface area contributed by atoms with Gasteiger partial charge in [0.2, 0.25) is 0 Å². The summed E-state index contributed by atoms with van der Waals surface area (Å²) in [6, 6.07) is 9.67. The first kappa shape index (κ1) is 13.1. The average Bonchev–Trinajstić information content (AvgIpc) is 2.33. The molecule has 0 atom stereocenters. The second-order valence-electron chi connectivity index (χ2n) is 3.89. The first-order valence-electron chi connectivity index (χ1n) is 5.29. The van der Waals surface area contributed by atoms with Crippen LogP contribution in [-0.2, 0) is 0 Å². The van der Waals surface area contributed by atoms with E-state index in [0.29, 0.717) is 21.7 Å². The highest BCUT2D eigenvalue weighted by Gasteiger charge is 2.12. The molecule has 4 heteroatoms. The van der Waals surface area contributed by atoms with Crippen molar-refractivity contribution < 1.29 is 9.18 Å². The van der Waals surface area contributed by atoms with Crippen LogP contribution in [0.4, 0.5) is 4.39 Å². The van der Waals surface area contributed by atoms with E-state index in [2.05, 4.69) is 12.6 Å². The Labute approximate surface area is 115 Å². The third-order valence-corrected chi connectivity index (χ3v) is 3.32. The average molecular weight is 281 g/mol. The van der Waals surface area contributed by atoms with Gasteiger partial charge in [-0.25, -0.2) is 4.39 Å². The molecule has 18 heavy (non-hydrogen) atoms. The zero-order valence-electron chi connectivity index (χ0n) is 9.58. The van der Waals surface area contributed by atoms with Gasteiger partial charge < -0.3 is 0 Å². The quantitative estimate of drug-likeness (QED) is 0.626. The molecule has 1 nitrogen and oxygen atoms in total. The normalized spacial score (nSPS) is 10.4. The number of halogens is 2. The number of Topliss-reactive ketones (excluding diaryl/α,β-unsaturated/α-hetero) is 1. The minimum absolute atomic E-state index is 0.0876. The molecule has 2 rings (SSSR count). The maximum atomic E-state index is 14.0. The number of hydrogen-bond acceptors (Lipinski definition) is 2. The van der Waals surface area contributed by atoms with Crippen LogP contribution >= 0.6 is 24.2 Å². The number of rotatable bonds is 2. The lowest BCUT2D eigenvalue weighted by Gasteiger charge is -2.08. The van der Waals surface area contributed by atoms with Crippen molar-refractivity contribution in [3.8, 4) is 11.1 Å². The highest BCUT2D eigenvalue weighted by molar-refractivity contribution is 7.80. The number of ketones is 1. The number of hydrogen-bond donors (Lipinski definition) is 1. The Kier molecular flexibility index (Phi) is 3.73. The van der Waals surface area contributed by atoms with Crippen molar-refractivity contribution in [2.75, 3.05) is 0 Å². The van der Waals surface area contributed by atoms with Crippen LogP contribution in [-0.4, -0.2) is 5.78 Å². The van der Waals surface area contributed by atoms with Crippen LogP contribution in [0.5, 0.6) is 0 Å². The Balaban J connectivity index is 2.66. The van der Waals surface area contributed by atoms with Crippen molar-refractivity contribution in [1.82, 2.24) is 0 Å². The van der Waals surface area contributed by atoms with E-state index in [1.54, 1.807) is 36.4 Å². The Hall–Kier alpha value is -1.32. The standard InChI is InChI=1S/C14H10ClFOS/c1-8(17)9-5-6-12(15)11(7-9)10-3-2-4-13(18)14(10)16/h2-7,18H,1H3. The summed E-state index contributed by atoms with van der Waals surface area (Å²) >= 11 is 10.1. The van der Waals surface area contributed by atoms with E-state index >= 15 is 0 Å². The third kappa shape index (κ3) is 2.42. The molecule has 0 spiro atoms. The number of thiol groups is 1. The summed E-state index contributed by atoms with van der Waals surface area (Å²) in [5.41, 5.74) is 1.34. The summed E-state index contributed by atoms with van der Waals surface area (Å²) in [5.74, 6) is -0.529. The van der Waals surface area contributed by atoms with Gasteiger partial charge in [0.15, 0.2) is 5.78 Å². The predicted octanol–water partition coefficient (Wildman–Crippen LogP) is 4.64. The zero-order chi connectivity index (χ0) is 13.3. The van der Waals surface area contributed by atoms with Gasteiger partial charge in [0.05, 0.1) is 0 Å². The van der Waals surface area contributed by atoms with Crippen molar-refractivity contribution in [3.05, 3.63) is 52.8 Å². The van der Waals surface area contributed by atoms with Gasteiger partial charge in [-0.05, 0) is 31.2 Å². The molecule has 0 saturated heterocycles. The van der Waals surface area contributed by atoms with Crippen LogP contribution in [0, 0.1) is 5.82 Å². The summed E-state index contributed by atoms with van der Waals surface area (Å²) in [5, 5.41) is 0.401. The zero-order valence-corrected chi connectivity index (χ0v) is 11.2. The second-order valence-corrected chi connectivity index (χ2v) is 4.78. The van der Waals surface area contributed by atoms with E-state index in [0.717, 1.165) is 0 Å². The fourth-order valence-electron chi connectivity index (χ4n) is 1.68. The van der Waals surface area contributed by atoms with Crippen molar-refractivity contribution in [1.29, 1.82) is 0 Å². The lowest BCUT2D eigenvalue weighted by atomic mass is 10.0. The molecule has 0 aliphatic carbocycles. The predicted molar refractivity (Wildman–Crippen MR) is 74.1 cm³/mol. The maximum Gasteiger partial charge on any atom is 0.159 e. The minimum atomic E-state index is -0.441. The lowest BCUT2D eigenvalue weighted by molar-refractivity contribution is 0.101. The van der Waals surface area contributed by atoms with E-state index in [-0.39, 0.29) is 10.7 Å². The SMILES string of the molecule is CC(=O)c1ccc(Cl)c(-c2cccc(S)c2F)c1. The van der Waals surface area contributed by atoms with Crippen LogP contribution < -0.4 is 0 Å². The van der Waals surface area contributed by atoms with Crippen LogP contribution in [0.2, 0.25) is 5.02 Å². The topological polar surface area (TPSA) is 17.1 Å². The van der Waals surface area contributed by atoms with Crippen molar-refractivity contribution in [2.24, 2.45) is 0 Å². The molecular formula is C14H10ClFOS. The van der Waals surface area contributed by atoms with Gasteiger partial charge in [-0.15, -0.1) is 12.6 Å². The van der Waals surface area contributed by atoms with Gasteiger partial charge in [0, 0.05) is 26.6 Å². The first-order chi connectivity index (χ1) is 8.50. The van der Waals surface area contributed by atoms with E-state index in [9.17, 15) is 9.18 Å². The molecule has 0 fully saturated rings. The largest absolute Gasteiger partial charge is 0.295 e. The van der Waals surface area contributed by atoms with Gasteiger partial charge in [0.25, 0.3) is 0 Å². The van der Waals surface area contributed by atoms with Crippen molar-refractivity contribution in [2.45, 2.75) is 11.8 Å². The molecule has 92 valence electrons. The first-order valence-corrected chi connectivity index (χ1v) is 6.11. The summed E-state index contributed by atoms with van der Waals surface area (Å²) in [7, 11) is 0. The molecule has 0 unspecified atom stereocenters. The minimum Gasteiger partial charge on any atom is -0.295 e. The van der Waals surface area contributed by atoms with Crippen LogP contribution in [0.1, 0.15) is 17.3 Å². The van der Waals surface area contributed by atoms with E-state index in [1.165, 1.54) is 6.92 Å². The van der Waals surface area contributed by atoms with Crippen molar-refractivity contribution >= 4 is 30.0 Å². The van der Waals surface area contributed by atoms with Gasteiger partial charge in [-0.3, -0.25) is 4.79 Å². The molecule has 0 N–H and O–H groups in total. The van der Waals surface area contributed by atoms with E-state index in [4.69, 9.17) is 11.6 Å². The molecule has 0 bridgehead atoms. The molecule has 0 heterocycles. The van der Waals surface area contributed by atoms with E-state index in [1.807, 2.05) is 0 Å². The Bertz CT molecular complexity index is 625. The lowest BCUT2D eigenvalue weighted by Crippen LogP contribution is -1.94. The Morgan fingerprint density at radius 2 is 1.94 bits per heavy atom. The molecule has 0 saturated carbocycles. The maximum absolute atomic E-state index is 14.0. The smallest absolute Gasteiger partial charge is 0.159 e. The molecule has 0 aliphatic heterocycles. The van der Waals surface area contributed by atoms with Gasteiger partial charge in [0.1, 0.15) is 5.82 Å². The fraction of sp³-hybridized carbons (Fsp3) is 0.0714. The fourth-order valence-corrected chi connectivity index (χ4v) is 2.10. The van der Waals surface area contributed by atoms with E-state index < -0.39 is 5.82 Å². The van der Waals surface area contributed by atoms with Crippen LogP contribution in [0.15, 0.2) is 41.3 Å². The van der Waals surface area contributed by atoms with Crippen LogP contribution in [0.3, 0.4) is 0 Å². The summed E-state index contributed by atoms with van der Waals surface area (Å²) in [6.07, 6.45) is 0. The van der Waals surface area contributed by atoms with Gasteiger partial charge in [-0.1, -0.05) is 23.7 Å². The molecule has 2 aromatic rings. The molecular weight excluding hydrogens is 271 g/mol. The summed E-state index contributed by atoms with van der Waals surface area (Å²) in [4.78, 5) is 11.6. The summed E-state index contributed by atoms with van der Waals surface area (Å²) < 4.78 is 14.0. The molecule has 0 aromatic heterocycles. The molecule has 0 amide bonds. The summed E-state index contributed by atoms with van der Waals surface area (Å²) in [6.45, 7) is 1.46. The highest BCUT2D eigenvalue weighted by Crippen LogP contribution is 2.32. The number of benzene rings is 2. The van der Waals surface area contributed by atoms with Gasteiger partial charge >= 0.3 is 0 Å². The number of carbonyl (C=O) groups is 1. The Morgan fingerprint density at radius 1 is 1.22 bits per heavy atom.